The lowest BCUT2D eigenvalue weighted by atomic mass is 10.1. The summed E-state index contributed by atoms with van der Waals surface area (Å²) in [5, 5.41) is 5.95. The number of hydrogen-bond acceptors (Lipinski definition) is 4. The van der Waals surface area contributed by atoms with Crippen LogP contribution in [0.4, 0.5) is 16.0 Å². The van der Waals surface area contributed by atoms with Crippen LogP contribution in [0.1, 0.15) is 32.9 Å². The Morgan fingerprint density at radius 1 is 0.963 bits per heavy atom. The average Bonchev–Trinajstić information content (AvgIpc) is 2.60. The fourth-order valence-corrected chi connectivity index (χ4v) is 2.79. The van der Waals surface area contributed by atoms with Crippen molar-refractivity contribution in [1.82, 2.24) is 9.97 Å². The molecule has 1 aromatic heterocycles. The van der Waals surface area contributed by atoms with Crippen molar-refractivity contribution in [3.63, 3.8) is 0 Å². The molecule has 0 aliphatic rings. The highest BCUT2D eigenvalue weighted by atomic mass is 19.1. The monoisotopic (exact) mass is 364 g/mol. The number of carbonyl (C=O) groups is 1. The molecule has 138 valence electrons. The Morgan fingerprint density at radius 3 is 2.30 bits per heavy atom. The van der Waals surface area contributed by atoms with Crippen LogP contribution < -0.4 is 10.6 Å². The highest BCUT2D eigenvalue weighted by Crippen LogP contribution is 2.15. The molecular weight excluding hydrogens is 343 g/mol. The fraction of sp³-hybridized carbons (Fsp3) is 0.190. The molecule has 0 unspecified atom stereocenters. The van der Waals surface area contributed by atoms with Crippen molar-refractivity contribution in [1.29, 1.82) is 0 Å². The van der Waals surface area contributed by atoms with E-state index in [1.807, 2.05) is 32.0 Å². The van der Waals surface area contributed by atoms with E-state index < -0.39 is 0 Å². The molecule has 3 rings (SSSR count). The Labute approximate surface area is 157 Å². The van der Waals surface area contributed by atoms with Crippen LogP contribution in [-0.4, -0.2) is 15.9 Å². The van der Waals surface area contributed by atoms with E-state index >= 15 is 0 Å². The van der Waals surface area contributed by atoms with Gasteiger partial charge in [-0.2, -0.15) is 0 Å². The Morgan fingerprint density at radius 2 is 1.63 bits per heavy atom. The van der Waals surface area contributed by atoms with Crippen LogP contribution in [0, 0.1) is 26.6 Å². The Bertz CT molecular complexity index is 950. The van der Waals surface area contributed by atoms with Crippen LogP contribution in [-0.2, 0) is 6.54 Å². The smallest absolute Gasteiger partial charge is 0.274 e. The average molecular weight is 364 g/mol. The Kier molecular flexibility index (Phi) is 5.45. The van der Waals surface area contributed by atoms with Crippen molar-refractivity contribution in [3.8, 4) is 0 Å². The number of nitrogens with zero attached hydrogens (tertiary/aromatic N) is 2. The van der Waals surface area contributed by atoms with E-state index in [2.05, 4.69) is 20.6 Å². The van der Waals surface area contributed by atoms with Crippen LogP contribution in [0.25, 0.3) is 0 Å². The van der Waals surface area contributed by atoms with E-state index in [0.717, 1.165) is 22.4 Å². The number of halogens is 1. The minimum Gasteiger partial charge on any atom is -0.350 e. The van der Waals surface area contributed by atoms with Crippen molar-refractivity contribution < 1.29 is 9.18 Å². The van der Waals surface area contributed by atoms with Gasteiger partial charge in [0.2, 0.25) is 5.95 Å². The highest BCUT2D eigenvalue weighted by Gasteiger charge is 2.11. The minimum absolute atomic E-state index is 0.281. The quantitative estimate of drug-likeness (QED) is 0.704. The van der Waals surface area contributed by atoms with Gasteiger partial charge in [-0.05, 0) is 67.8 Å². The van der Waals surface area contributed by atoms with Gasteiger partial charge in [0.25, 0.3) is 5.91 Å². The van der Waals surface area contributed by atoms with Gasteiger partial charge in [0.05, 0.1) is 0 Å². The van der Waals surface area contributed by atoms with E-state index in [-0.39, 0.29) is 17.4 Å². The molecule has 0 radical (unpaired) electrons. The zero-order valence-corrected chi connectivity index (χ0v) is 15.5. The molecule has 27 heavy (non-hydrogen) atoms. The lowest BCUT2D eigenvalue weighted by Crippen LogP contribution is -2.16. The Hall–Kier alpha value is -3.28. The van der Waals surface area contributed by atoms with Crippen LogP contribution in [0.15, 0.2) is 48.5 Å². The first-order chi connectivity index (χ1) is 12.9. The van der Waals surface area contributed by atoms with Crippen molar-refractivity contribution in [2.24, 2.45) is 0 Å². The molecule has 0 saturated heterocycles. The van der Waals surface area contributed by atoms with Gasteiger partial charge in [0.1, 0.15) is 11.5 Å². The molecule has 0 aliphatic carbocycles. The standard InChI is InChI=1S/C21H21FN4O/c1-13-8-14(2)10-18(9-13)25-20(27)19-11-15(3)24-21(26-19)23-12-16-4-6-17(22)7-5-16/h4-11H,12H2,1-3H3,(H,25,27)(H,23,24,26). The summed E-state index contributed by atoms with van der Waals surface area (Å²) in [6.07, 6.45) is 0. The molecule has 0 atom stereocenters. The van der Waals surface area contributed by atoms with E-state index in [9.17, 15) is 9.18 Å². The normalized spacial score (nSPS) is 10.5. The number of carbonyl (C=O) groups excluding carboxylic acids is 1. The van der Waals surface area contributed by atoms with E-state index in [0.29, 0.717) is 18.2 Å². The molecule has 0 saturated carbocycles. The number of nitrogens with one attached hydrogen (secondary N) is 2. The van der Waals surface area contributed by atoms with Crippen molar-refractivity contribution in [2.45, 2.75) is 27.3 Å². The summed E-state index contributed by atoms with van der Waals surface area (Å²) in [5.74, 6) is -0.226. The second-order valence-electron chi connectivity index (χ2n) is 6.53. The van der Waals surface area contributed by atoms with Gasteiger partial charge in [-0.1, -0.05) is 18.2 Å². The van der Waals surface area contributed by atoms with Gasteiger partial charge in [-0.25, -0.2) is 14.4 Å². The first-order valence-corrected chi connectivity index (χ1v) is 8.63. The SMILES string of the molecule is Cc1cc(C)cc(NC(=O)c2cc(C)nc(NCc3ccc(F)cc3)n2)c1. The number of aromatic nitrogens is 2. The molecule has 1 heterocycles. The summed E-state index contributed by atoms with van der Waals surface area (Å²) in [6.45, 7) is 6.20. The van der Waals surface area contributed by atoms with Crippen LogP contribution in [0.3, 0.4) is 0 Å². The molecule has 1 amide bonds. The van der Waals surface area contributed by atoms with Gasteiger partial charge in [-0.15, -0.1) is 0 Å². The number of benzene rings is 2. The van der Waals surface area contributed by atoms with Crippen LogP contribution in [0.5, 0.6) is 0 Å². The maximum absolute atomic E-state index is 13.0. The topological polar surface area (TPSA) is 66.9 Å². The minimum atomic E-state index is -0.296. The third kappa shape index (κ3) is 5.10. The predicted octanol–water partition coefficient (Wildman–Crippen LogP) is 4.41. The van der Waals surface area contributed by atoms with Crippen molar-refractivity contribution in [2.75, 3.05) is 10.6 Å². The van der Waals surface area contributed by atoms with E-state index in [4.69, 9.17) is 0 Å². The molecule has 2 aromatic carbocycles. The third-order valence-electron chi connectivity index (χ3n) is 3.93. The van der Waals surface area contributed by atoms with Gasteiger partial charge in [0, 0.05) is 17.9 Å². The van der Waals surface area contributed by atoms with Crippen LogP contribution in [0.2, 0.25) is 0 Å². The second-order valence-corrected chi connectivity index (χ2v) is 6.53. The zero-order valence-electron chi connectivity index (χ0n) is 15.5. The van der Waals surface area contributed by atoms with Crippen molar-refractivity contribution >= 4 is 17.5 Å². The van der Waals surface area contributed by atoms with Crippen molar-refractivity contribution in [3.05, 3.63) is 82.4 Å². The van der Waals surface area contributed by atoms with Crippen LogP contribution >= 0.6 is 0 Å². The van der Waals surface area contributed by atoms with E-state index in [1.165, 1.54) is 12.1 Å². The molecule has 2 N–H and O–H groups in total. The molecule has 0 aliphatic heterocycles. The summed E-state index contributed by atoms with van der Waals surface area (Å²) in [7, 11) is 0. The summed E-state index contributed by atoms with van der Waals surface area (Å²) in [4.78, 5) is 21.2. The summed E-state index contributed by atoms with van der Waals surface area (Å²) in [6, 6.07) is 13.7. The Balaban J connectivity index is 1.73. The maximum Gasteiger partial charge on any atom is 0.274 e. The molecule has 0 spiro atoms. The zero-order chi connectivity index (χ0) is 19.4. The summed E-state index contributed by atoms with van der Waals surface area (Å²) in [5.41, 5.74) is 4.73. The van der Waals surface area contributed by atoms with Gasteiger partial charge in [-0.3, -0.25) is 4.79 Å². The number of anilines is 2. The fourth-order valence-electron chi connectivity index (χ4n) is 2.79. The molecule has 5 nitrogen and oxygen atoms in total. The van der Waals surface area contributed by atoms with E-state index in [1.54, 1.807) is 25.1 Å². The third-order valence-corrected chi connectivity index (χ3v) is 3.93. The molecule has 0 fully saturated rings. The number of aryl methyl sites for hydroxylation is 3. The second kappa shape index (κ2) is 7.95. The maximum atomic E-state index is 13.0. The first-order valence-electron chi connectivity index (χ1n) is 8.63. The summed E-state index contributed by atoms with van der Waals surface area (Å²) < 4.78 is 13.0. The number of amides is 1. The molecule has 3 aromatic rings. The van der Waals surface area contributed by atoms with Gasteiger partial charge in [0.15, 0.2) is 0 Å². The summed E-state index contributed by atoms with van der Waals surface area (Å²) >= 11 is 0. The lowest BCUT2D eigenvalue weighted by molar-refractivity contribution is 0.102. The van der Waals surface area contributed by atoms with Gasteiger partial charge >= 0.3 is 0 Å². The predicted molar refractivity (Wildman–Crippen MR) is 104 cm³/mol. The van der Waals surface area contributed by atoms with Gasteiger partial charge < -0.3 is 10.6 Å². The first kappa shape index (κ1) is 18.5. The molecular formula is C21H21FN4O. The molecule has 0 bridgehead atoms. The highest BCUT2D eigenvalue weighted by molar-refractivity contribution is 6.03. The lowest BCUT2D eigenvalue weighted by Gasteiger charge is -2.10. The number of hydrogen-bond donors (Lipinski definition) is 2. The number of rotatable bonds is 5. The largest absolute Gasteiger partial charge is 0.350 e. The molecule has 6 heteroatoms.